The summed E-state index contributed by atoms with van der Waals surface area (Å²) in [4.78, 5) is 28.2. The Labute approximate surface area is 214 Å². The summed E-state index contributed by atoms with van der Waals surface area (Å²) in [7, 11) is 3.16. The van der Waals surface area contributed by atoms with E-state index in [1.54, 1.807) is 37.3 Å². The van der Waals surface area contributed by atoms with Crippen molar-refractivity contribution in [2.75, 3.05) is 32.3 Å². The summed E-state index contributed by atoms with van der Waals surface area (Å²) in [5.41, 5.74) is 3.52. The molecule has 8 heteroatoms. The van der Waals surface area contributed by atoms with Crippen LogP contribution >= 0.6 is 23.1 Å². The van der Waals surface area contributed by atoms with E-state index in [4.69, 9.17) is 14.2 Å². The van der Waals surface area contributed by atoms with Gasteiger partial charge in [0.2, 0.25) is 0 Å². The number of methoxy groups -OCH3 is 2. The summed E-state index contributed by atoms with van der Waals surface area (Å²) in [5, 5.41) is 5.45. The molecule has 6 nitrogen and oxygen atoms in total. The topological polar surface area (TPSA) is 73.9 Å². The number of hydrogen-bond acceptors (Lipinski definition) is 8. The predicted molar refractivity (Wildman–Crippen MR) is 140 cm³/mol. The van der Waals surface area contributed by atoms with Crippen molar-refractivity contribution < 1.29 is 23.8 Å². The molecule has 0 saturated carbocycles. The number of dihydropyridines is 1. The first-order valence-corrected chi connectivity index (χ1v) is 13.8. The number of Topliss-reactive ketones (excluding diaryl/α,β-unsaturated/α-hetero) is 1. The number of ketones is 1. The summed E-state index contributed by atoms with van der Waals surface area (Å²) in [6.45, 7) is 4.28. The van der Waals surface area contributed by atoms with Crippen molar-refractivity contribution in [1.82, 2.24) is 5.32 Å². The van der Waals surface area contributed by atoms with E-state index in [1.807, 2.05) is 36.6 Å². The van der Waals surface area contributed by atoms with Gasteiger partial charge in [0.25, 0.3) is 0 Å². The molecule has 4 rings (SSSR count). The standard InChI is InChI=1S/C27H31NO5S2/c1-5-34-12-10-33-27(30)24-16(2)28-19-13-18(23-7-6-11-35-23)14-20(29)26(19)25(24)17-8-9-21(31-3)22(15-17)32-4/h6-9,11,15,18,25,28H,5,10,12-14H2,1-4H3/t18-,25+/m0/s1. The Bertz CT molecular complexity index is 1150. The van der Waals surface area contributed by atoms with Gasteiger partial charge in [-0.2, -0.15) is 11.8 Å². The molecule has 186 valence electrons. The maximum absolute atomic E-state index is 13.6. The molecule has 2 aliphatic rings. The lowest BCUT2D eigenvalue weighted by molar-refractivity contribution is -0.138. The minimum absolute atomic E-state index is 0.0521. The van der Waals surface area contributed by atoms with Crippen LogP contribution in [0.2, 0.25) is 0 Å². The van der Waals surface area contributed by atoms with E-state index in [2.05, 4.69) is 18.3 Å². The van der Waals surface area contributed by atoms with Gasteiger partial charge in [-0.05, 0) is 48.2 Å². The summed E-state index contributed by atoms with van der Waals surface area (Å²) in [6, 6.07) is 9.67. The van der Waals surface area contributed by atoms with Gasteiger partial charge >= 0.3 is 5.97 Å². The molecule has 0 bridgehead atoms. The highest BCUT2D eigenvalue weighted by Crippen LogP contribution is 2.47. The molecule has 0 amide bonds. The Morgan fingerprint density at radius 1 is 1.17 bits per heavy atom. The zero-order valence-electron chi connectivity index (χ0n) is 20.5. The van der Waals surface area contributed by atoms with E-state index in [-0.39, 0.29) is 11.7 Å². The van der Waals surface area contributed by atoms with Gasteiger partial charge in [0.15, 0.2) is 17.3 Å². The Morgan fingerprint density at radius 3 is 2.66 bits per heavy atom. The van der Waals surface area contributed by atoms with Crippen LogP contribution in [0, 0.1) is 0 Å². The molecule has 0 radical (unpaired) electrons. The van der Waals surface area contributed by atoms with Crippen LogP contribution in [-0.4, -0.2) is 44.1 Å². The highest BCUT2D eigenvalue weighted by atomic mass is 32.2. The SMILES string of the molecule is CCSCCOC(=O)C1=C(C)NC2=C(C(=O)C[C@@H](c3cccs3)C2)[C@@H]1c1ccc(OC)c(OC)c1. The number of thiophene rings is 1. The van der Waals surface area contributed by atoms with Gasteiger partial charge in [-0.15, -0.1) is 11.3 Å². The second kappa shape index (κ2) is 11.4. The first kappa shape index (κ1) is 25.4. The van der Waals surface area contributed by atoms with E-state index in [0.717, 1.165) is 34.9 Å². The fourth-order valence-electron chi connectivity index (χ4n) is 4.82. The number of rotatable bonds is 9. The van der Waals surface area contributed by atoms with Crippen molar-refractivity contribution in [3.8, 4) is 11.5 Å². The Balaban J connectivity index is 1.76. The molecule has 0 spiro atoms. The fraction of sp³-hybridized carbons (Fsp3) is 0.407. The van der Waals surface area contributed by atoms with E-state index >= 15 is 0 Å². The van der Waals surface area contributed by atoms with Crippen molar-refractivity contribution in [1.29, 1.82) is 0 Å². The second-order valence-corrected chi connectivity index (χ2v) is 10.9. The lowest BCUT2D eigenvalue weighted by Crippen LogP contribution is -2.36. The first-order chi connectivity index (χ1) is 17.0. The number of thioether (sulfide) groups is 1. The van der Waals surface area contributed by atoms with Gasteiger partial charge in [-0.25, -0.2) is 4.79 Å². The maximum Gasteiger partial charge on any atom is 0.336 e. The van der Waals surface area contributed by atoms with Crippen LogP contribution in [0.4, 0.5) is 0 Å². The fourth-order valence-corrected chi connectivity index (χ4v) is 6.14. The molecule has 35 heavy (non-hydrogen) atoms. The van der Waals surface area contributed by atoms with Crippen molar-refractivity contribution in [2.45, 2.75) is 38.5 Å². The number of nitrogens with one attached hydrogen (secondary N) is 1. The molecule has 2 atom stereocenters. The predicted octanol–water partition coefficient (Wildman–Crippen LogP) is 5.42. The molecule has 1 aromatic carbocycles. The van der Waals surface area contributed by atoms with Gasteiger partial charge in [0, 0.05) is 45.9 Å². The second-order valence-electron chi connectivity index (χ2n) is 8.48. The summed E-state index contributed by atoms with van der Waals surface area (Å²) < 4.78 is 16.6. The number of hydrogen-bond donors (Lipinski definition) is 1. The van der Waals surface area contributed by atoms with E-state index < -0.39 is 11.9 Å². The van der Waals surface area contributed by atoms with Crippen molar-refractivity contribution in [2.24, 2.45) is 0 Å². The molecule has 1 aliphatic carbocycles. The van der Waals surface area contributed by atoms with E-state index in [0.29, 0.717) is 35.7 Å². The molecule has 1 aromatic heterocycles. The van der Waals surface area contributed by atoms with Crippen LogP contribution in [0.25, 0.3) is 0 Å². The third kappa shape index (κ3) is 5.28. The van der Waals surface area contributed by atoms with Crippen molar-refractivity contribution >= 4 is 34.9 Å². The highest BCUT2D eigenvalue weighted by molar-refractivity contribution is 7.99. The highest BCUT2D eigenvalue weighted by Gasteiger charge is 2.41. The molecule has 1 N–H and O–H groups in total. The molecule has 0 fully saturated rings. The number of carbonyl (C=O) groups excluding carboxylic acids is 2. The number of ether oxygens (including phenoxy) is 3. The Morgan fingerprint density at radius 2 is 1.97 bits per heavy atom. The monoisotopic (exact) mass is 513 g/mol. The average molecular weight is 514 g/mol. The lowest BCUT2D eigenvalue weighted by Gasteiger charge is -2.36. The number of benzene rings is 1. The van der Waals surface area contributed by atoms with Crippen LogP contribution in [-0.2, 0) is 14.3 Å². The van der Waals surface area contributed by atoms with Crippen LogP contribution in [0.3, 0.4) is 0 Å². The Hall–Kier alpha value is -2.71. The number of carbonyl (C=O) groups is 2. The molecular weight excluding hydrogens is 482 g/mol. The van der Waals surface area contributed by atoms with Gasteiger partial charge in [-0.1, -0.05) is 19.1 Å². The Kier molecular flexibility index (Phi) is 8.23. The maximum atomic E-state index is 13.6. The van der Waals surface area contributed by atoms with Crippen LogP contribution in [0.1, 0.15) is 49.0 Å². The third-order valence-electron chi connectivity index (χ3n) is 6.40. The smallest absolute Gasteiger partial charge is 0.336 e. The van der Waals surface area contributed by atoms with Crippen molar-refractivity contribution in [3.63, 3.8) is 0 Å². The van der Waals surface area contributed by atoms with Crippen LogP contribution < -0.4 is 14.8 Å². The molecule has 0 unspecified atom stereocenters. The van der Waals surface area contributed by atoms with Gasteiger partial charge in [0.1, 0.15) is 6.61 Å². The quantitative estimate of drug-likeness (QED) is 0.354. The molecular formula is C27H31NO5S2. The number of allylic oxidation sites excluding steroid dienone is 3. The summed E-state index contributed by atoms with van der Waals surface area (Å²) >= 11 is 3.39. The first-order valence-electron chi connectivity index (χ1n) is 11.7. The van der Waals surface area contributed by atoms with Gasteiger partial charge < -0.3 is 19.5 Å². The van der Waals surface area contributed by atoms with Gasteiger partial charge in [0.05, 0.1) is 19.8 Å². The summed E-state index contributed by atoms with van der Waals surface area (Å²) in [6.07, 6.45) is 1.14. The normalized spacial score (nSPS) is 19.8. The van der Waals surface area contributed by atoms with Gasteiger partial charge in [-0.3, -0.25) is 4.79 Å². The molecule has 2 aromatic rings. The molecule has 1 aliphatic heterocycles. The van der Waals surface area contributed by atoms with Crippen molar-refractivity contribution in [3.05, 3.63) is 68.7 Å². The van der Waals surface area contributed by atoms with E-state index in [9.17, 15) is 9.59 Å². The van der Waals surface area contributed by atoms with Crippen LogP contribution in [0.5, 0.6) is 11.5 Å². The lowest BCUT2D eigenvalue weighted by atomic mass is 9.72. The minimum atomic E-state index is -0.533. The van der Waals surface area contributed by atoms with E-state index in [1.165, 1.54) is 4.88 Å². The largest absolute Gasteiger partial charge is 0.493 e. The number of esters is 1. The molecule has 2 heterocycles. The average Bonchev–Trinajstić information content (AvgIpc) is 3.40. The zero-order chi connectivity index (χ0) is 24.9. The third-order valence-corrected chi connectivity index (χ3v) is 8.30. The zero-order valence-corrected chi connectivity index (χ0v) is 22.1. The van der Waals surface area contributed by atoms with Crippen LogP contribution in [0.15, 0.2) is 58.3 Å². The minimum Gasteiger partial charge on any atom is -0.493 e. The summed E-state index contributed by atoms with van der Waals surface area (Å²) in [5.74, 6) is 2.09. The molecule has 0 saturated heterocycles.